The van der Waals surface area contributed by atoms with Gasteiger partial charge in [-0.1, -0.05) is 29.3 Å². The van der Waals surface area contributed by atoms with E-state index in [0.29, 0.717) is 4.88 Å². The summed E-state index contributed by atoms with van der Waals surface area (Å²) < 4.78 is 34.9. The fourth-order valence-corrected chi connectivity index (χ4v) is 5.44. The van der Waals surface area contributed by atoms with Crippen molar-refractivity contribution in [1.82, 2.24) is 25.6 Å². The van der Waals surface area contributed by atoms with Crippen LogP contribution in [0, 0.1) is 11.3 Å². The molecule has 0 bridgehead atoms. The molecule has 2 aliphatic heterocycles. The maximum atomic E-state index is 14.7. The van der Waals surface area contributed by atoms with Crippen LogP contribution in [0.2, 0.25) is 10.0 Å². The second kappa shape index (κ2) is 10.5. The monoisotopic (exact) mass is 603 g/mol. The Bertz CT molecular complexity index is 1300. The minimum absolute atomic E-state index is 0.0369. The maximum Gasteiger partial charge on any atom is 0.410 e. The third-order valence-corrected chi connectivity index (χ3v) is 7.92. The van der Waals surface area contributed by atoms with Gasteiger partial charge < -0.3 is 14.5 Å². The van der Waals surface area contributed by atoms with Crippen molar-refractivity contribution in [2.24, 2.45) is 11.3 Å². The SMILES string of the molecule is CC(C)(C)OC(=O)N1CC2(C1)CN(C(=O)c1cncs1)CC2C(=O)NNC(=O)C(F)(F)c1ccc(Cl)c(Cl)c1. The zero-order chi connectivity index (χ0) is 28.8. The van der Waals surface area contributed by atoms with Gasteiger partial charge >= 0.3 is 17.9 Å². The van der Waals surface area contributed by atoms with Gasteiger partial charge in [-0.25, -0.2) is 4.79 Å². The topological polar surface area (TPSA) is 121 Å². The number of ether oxygens (including phenoxy) is 1. The Labute approximate surface area is 236 Å². The van der Waals surface area contributed by atoms with Gasteiger partial charge in [-0.2, -0.15) is 8.78 Å². The highest BCUT2D eigenvalue weighted by molar-refractivity contribution is 7.11. The molecule has 0 radical (unpaired) electrons. The first-order valence-corrected chi connectivity index (χ1v) is 13.4. The Kier molecular flexibility index (Phi) is 7.80. The Morgan fingerprint density at radius 3 is 2.33 bits per heavy atom. The quantitative estimate of drug-likeness (QED) is 0.514. The van der Waals surface area contributed by atoms with E-state index in [1.165, 1.54) is 21.5 Å². The average molecular weight is 604 g/mol. The van der Waals surface area contributed by atoms with Crippen molar-refractivity contribution >= 4 is 58.4 Å². The number of thiazole rings is 1. The molecule has 15 heteroatoms. The predicted octanol–water partition coefficient (Wildman–Crippen LogP) is 3.70. The summed E-state index contributed by atoms with van der Waals surface area (Å²) in [5.41, 5.74) is 3.03. The van der Waals surface area contributed by atoms with E-state index in [0.717, 1.165) is 29.5 Å². The highest BCUT2D eigenvalue weighted by Crippen LogP contribution is 2.45. The molecule has 0 saturated carbocycles. The van der Waals surface area contributed by atoms with Gasteiger partial charge in [-0.05, 0) is 32.9 Å². The number of hydrogen-bond donors (Lipinski definition) is 2. The summed E-state index contributed by atoms with van der Waals surface area (Å²) in [6.45, 7) is 5.44. The van der Waals surface area contributed by atoms with Gasteiger partial charge in [0.2, 0.25) is 5.91 Å². The summed E-state index contributed by atoms with van der Waals surface area (Å²) >= 11 is 12.7. The van der Waals surface area contributed by atoms with Crippen LogP contribution in [0.25, 0.3) is 0 Å². The number of carbonyl (C=O) groups excluding carboxylic acids is 4. The molecule has 3 heterocycles. The predicted molar refractivity (Wildman–Crippen MR) is 138 cm³/mol. The highest BCUT2D eigenvalue weighted by atomic mass is 35.5. The van der Waals surface area contributed by atoms with Crippen molar-refractivity contribution in [2.45, 2.75) is 32.3 Å². The van der Waals surface area contributed by atoms with E-state index in [-0.39, 0.29) is 42.1 Å². The number of hydrogen-bond acceptors (Lipinski definition) is 7. The molecule has 4 amide bonds. The molecule has 1 atom stereocenters. The zero-order valence-electron chi connectivity index (χ0n) is 21.1. The largest absolute Gasteiger partial charge is 0.444 e. The molecule has 4 rings (SSSR count). The molecule has 1 unspecified atom stereocenters. The van der Waals surface area contributed by atoms with E-state index in [9.17, 15) is 28.0 Å². The molecule has 2 saturated heterocycles. The number of nitrogens with one attached hydrogen (secondary N) is 2. The lowest BCUT2D eigenvalue weighted by atomic mass is 9.71. The molecular formula is C24H25Cl2F2N5O5S. The number of likely N-dealkylation sites (tertiary alicyclic amines) is 2. The summed E-state index contributed by atoms with van der Waals surface area (Å²) in [6.07, 6.45) is 0.834. The van der Waals surface area contributed by atoms with E-state index < -0.39 is 46.3 Å². The minimum atomic E-state index is -4.03. The van der Waals surface area contributed by atoms with Crippen LogP contribution in [-0.4, -0.2) is 70.4 Å². The first kappa shape index (κ1) is 29.0. The number of alkyl halides is 2. The van der Waals surface area contributed by atoms with Crippen LogP contribution in [0.1, 0.15) is 36.0 Å². The van der Waals surface area contributed by atoms with Gasteiger partial charge in [-0.15, -0.1) is 11.3 Å². The molecule has 2 aromatic rings. The van der Waals surface area contributed by atoms with E-state index in [2.05, 4.69) is 10.4 Å². The maximum absolute atomic E-state index is 14.7. The van der Waals surface area contributed by atoms with E-state index in [4.69, 9.17) is 27.9 Å². The Morgan fingerprint density at radius 2 is 1.74 bits per heavy atom. The Balaban J connectivity index is 1.47. The van der Waals surface area contributed by atoms with E-state index in [1.807, 2.05) is 0 Å². The van der Waals surface area contributed by atoms with Gasteiger partial charge in [0.1, 0.15) is 10.5 Å². The molecule has 10 nitrogen and oxygen atoms in total. The number of amides is 4. The van der Waals surface area contributed by atoms with Crippen molar-refractivity contribution in [3.8, 4) is 0 Å². The Hall–Kier alpha value is -3.03. The lowest BCUT2D eigenvalue weighted by Gasteiger charge is -2.49. The first-order valence-electron chi connectivity index (χ1n) is 11.7. The molecule has 1 spiro atoms. The number of rotatable bonds is 4. The second-order valence-corrected chi connectivity index (χ2v) is 12.2. The molecule has 210 valence electrons. The van der Waals surface area contributed by atoms with Gasteiger partial charge in [0.15, 0.2) is 0 Å². The first-order chi connectivity index (χ1) is 18.1. The zero-order valence-corrected chi connectivity index (χ0v) is 23.4. The lowest BCUT2D eigenvalue weighted by molar-refractivity contribution is -0.151. The fraction of sp³-hybridized carbons (Fsp3) is 0.458. The van der Waals surface area contributed by atoms with Crippen LogP contribution in [0.3, 0.4) is 0 Å². The van der Waals surface area contributed by atoms with Crippen LogP contribution >= 0.6 is 34.5 Å². The minimum Gasteiger partial charge on any atom is -0.444 e. The van der Waals surface area contributed by atoms with Crippen molar-refractivity contribution in [1.29, 1.82) is 0 Å². The summed E-state index contributed by atoms with van der Waals surface area (Å²) in [6, 6.07) is 2.94. The lowest BCUT2D eigenvalue weighted by Crippen LogP contribution is -2.65. The van der Waals surface area contributed by atoms with Crippen LogP contribution in [0.5, 0.6) is 0 Å². The van der Waals surface area contributed by atoms with Crippen LogP contribution in [0.4, 0.5) is 13.6 Å². The van der Waals surface area contributed by atoms with Crippen molar-refractivity contribution in [2.75, 3.05) is 26.2 Å². The molecular weight excluding hydrogens is 579 g/mol. The number of aromatic nitrogens is 1. The van der Waals surface area contributed by atoms with Crippen LogP contribution in [-0.2, 0) is 20.2 Å². The smallest absolute Gasteiger partial charge is 0.410 e. The average Bonchev–Trinajstić information content (AvgIpc) is 3.50. The van der Waals surface area contributed by atoms with Gasteiger partial charge in [0.05, 0.1) is 27.7 Å². The molecule has 2 fully saturated rings. The normalized spacial score (nSPS) is 18.5. The summed E-state index contributed by atoms with van der Waals surface area (Å²) in [4.78, 5) is 58.2. The number of nitrogens with zero attached hydrogens (tertiary/aromatic N) is 3. The van der Waals surface area contributed by atoms with Crippen LogP contribution < -0.4 is 10.9 Å². The number of halogens is 4. The highest BCUT2D eigenvalue weighted by Gasteiger charge is 2.59. The van der Waals surface area contributed by atoms with Gasteiger partial charge in [0.25, 0.3) is 5.91 Å². The van der Waals surface area contributed by atoms with Crippen LogP contribution in [0.15, 0.2) is 29.9 Å². The van der Waals surface area contributed by atoms with Crippen molar-refractivity contribution in [3.05, 3.63) is 50.4 Å². The number of benzene rings is 1. The van der Waals surface area contributed by atoms with Gasteiger partial charge in [-0.3, -0.25) is 30.2 Å². The molecule has 2 aliphatic rings. The number of hydrazine groups is 1. The fourth-order valence-electron chi connectivity index (χ4n) is 4.56. The third-order valence-electron chi connectivity index (χ3n) is 6.42. The van der Waals surface area contributed by atoms with E-state index in [1.54, 1.807) is 26.2 Å². The van der Waals surface area contributed by atoms with Gasteiger partial charge in [0, 0.05) is 37.2 Å². The Morgan fingerprint density at radius 1 is 1.08 bits per heavy atom. The standard InChI is InChI=1S/C24H25Cl2F2N5O5S/c1-22(2,3)38-21(37)33-10-23(11-33)9-32(19(35)17-7-29-12-39-17)8-14(23)18(34)30-31-20(36)24(27,28)13-4-5-15(25)16(26)6-13/h4-7,12,14H,8-11H2,1-3H3,(H,30,34)(H,31,36). The molecule has 2 N–H and O–H groups in total. The second-order valence-electron chi connectivity index (χ2n) is 10.4. The van der Waals surface area contributed by atoms with Crippen molar-refractivity contribution < 1.29 is 32.7 Å². The molecule has 1 aromatic heterocycles. The third kappa shape index (κ3) is 5.94. The molecule has 39 heavy (non-hydrogen) atoms. The van der Waals surface area contributed by atoms with Crippen molar-refractivity contribution in [3.63, 3.8) is 0 Å². The summed E-state index contributed by atoms with van der Waals surface area (Å²) in [5.74, 6) is -7.86. The molecule has 0 aliphatic carbocycles. The number of carbonyl (C=O) groups is 4. The summed E-state index contributed by atoms with van der Waals surface area (Å²) in [7, 11) is 0. The van der Waals surface area contributed by atoms with E-state index >= 15 is 0 Å². The summed E-state index contributed by atoms with van der Waals surface area (Å²) in [5, 5.41) is -0.126. The molecule has 1 aromatic carbocycles.